The van der Waals surface area contributed by atoms with Crippen LogP contribution < -0.4 is 0 Å². The van der Waals surface area contributed by atoms with Crippen molar-refractivity contribution in [1.29, 1.82) is 0 Å². The van der Waals surface area contributed by atoms with Crippen LogP contribution in [0, 0.1) is 5.92 Å². The van der Waals surface area contributed by atoms with Crippen LogP contribution in [-0.2, 0) is 9.47 Å². The number of halogens is 1. The molecule has 2 saturated heterocycles. The van der Waals surface area contributed by atoms with E-state index >= 15 is 0 Å². The van der Waals surface area contributed by atoms with Crippen LogP contribution in [0.3, 0.4) is 0 Å². The van der Waals surface area contributed by atoms with Crippen molar-refractivity contribution in [2.45, 2.75) is 45.6 Å². The van der Waals surface area contributed by atoms with E-state index in [1.165, 1.54) is 0 Å². The third-order valence-electron chi connectivity index (χ3n) is 3.51. The molecule has 0 amide bonds. The van der Waals surface area contributed by atoms with Gasteiger partial charge in [-0.2, -0.15) is 0 Å². The second-order valence-corrected chi connectivity index (χ2v) is 5.48. The monoisotopic (exact) mass is 328 g/mol. The Balaban J connectivity index is 0.000000861. The van der Waals surface area contributed by atoms with Gasteiger partial charge in [0.2, 0.25) is 0 Å². The van der Waals surface area contributed by atoms with E-state index in [1.807, 2.05) is 13.8 Å². The Labute approximate surface area is 125 Å². The molecule has 0 spiro atoms. The van der Waals surface area contributed by atoms with Gasteiger partial charge in [0, 0.05) is 19.1 Å². The van der Waals surface area contributed by atoms with E-state index in [4.69, 9.17) is 9.47 Å². The molecule has 2 rings (SSSR count). The van der Waals surface area contributed by atoms with Crippen molar-refractivity contribution in [3.8, 4) is 0 Å². The lowest BCUT2D eigenvalue weighted by Crippen LogP contribution is -2.32. The van der Waals surface area contributed by atoms with Gasteiger partial charge < -0.3 is 9.47 Å². The van der Waals surface area contributed by atoms with E-state index in [0.717, 1.165) is 54.7 Å². The molecule has 0 aromatic rings. The molecule has 2 aliphatic rings. The highest BCUT2D eigenvalue weighted by Crippen LogP contribution is 2.36. The molecule has 0 aromatic heterocycles. The molecule has 2 heterocycles. The SMILES string of the molecule is C=C/C(Br)=C1/OC(C2CCOCC2)CCC1=C.CC. The Morgan fingerprint density at radius 1 is 1.26 bits per heavy atom. The van der Waals surface area contributed by atoms with Gasteiger partial charge in [0.25, 0.3) is 0 Å². The highest BCUT2D eigenvalue weighted by Gasteiger charge is 2.30. The van der Waals surface area contributed by atoms with Gasteiger partial charge in [-0.15, -0.1) is 0 Å². The van der Waals surface area contributed by atoms with E-state index in [9.17, 15) is 0 Å². The van der Waals surface area contributed by atoms with Crippen molar-refractivity contribution in [3.05, 3.63) is 35.0 Å². The molecule has 0 aliphatic carbocycles. The molecule has 0 N–H and O–H groups in total. The topological polar surface area (TPSA) is 18.5 Å². The molecule has 1 atom stereocenters. The molecule has 0 radical (unpaired) electrons. The first-order valence-corrected chi connectivity index (χ1v) is 7.96. The molecule has 1 unspecified atom stereocenters. The third kappa shape index (κ3) is 4.50. The summed E-state index contributed by atoms with van der Waals surface area (Å²) in [6, 6.07) is 0. The van der Waals surface area contributed by atoms with E-state index < -0.39 is 0 Å². The maximum atomic E-state index is 6.10. The zero-order valence-electron chi connectivity index (χ0n) is 12.1. The molecule has 2 aliphatic heterocycles. The van der Waals surface area contributed by atoms with Crippen molar-refractivity contribution in [1.82, 2.24) is 0 Å². The average Bonchev–Trinajstić information content (AvgIpc) is 2.50. The predicted octanol–water partition coefficient (Wildman–Crippen LogP) is 4.97. The fourth-order valence-electron chi connectivity index (χ4n) is 2.46. The van der Waals surface area contributed by atoms with Crippen molar-refractivity contribution in [3.63, 3.8) is 0 Å². The molecule has 2 fully saturated rings. The van der Waals surface area contributed by atoms with Crippen LogP contribution in [0.5, 0.6) is 0 Å². The van der Waals surface area contributed by atoms with Gasteiger partial charge in [-0.05, 0) is 47.2 Å². The summed E-state index contributed by atoms with van der Waals surface area (Å²) in [5, 5.41) is 0. The summed E-state index contributed by atoms with van der Waals surface area (Å²) >= 11 is 3.48. The van der Waals surface area contributed by atoms with Gasteiger partial charge in [0.15, 0.2) is 0 Å². The van der Waals surface area contributed by atoms with Crippen LogP contribution in [0.4, 0.5) is 0 Å². The Hall–Kier alpha value is -0.540. The zero-order valence-corrected chi connectivity index (χ0v) is 13.7. The lowest BCUT2D eigenvalue weighted by Gasteiger charge is -2.35. The second-order valence-electron chi connectivity index (χ2n) is 4.63. The molecule has 0 aromatic carbocycles. The molecular weight excluding hydrogens is 304 g/mol. The number of ether oxygens (including phenoxy) is 2. The van der Waals surface area contributed by atoms with Crippen molar-refractivity contribution >= 4 is 15.9 Å². The van der Waals surface area contributed by atoms with E-state index in [-0.39, 0.29) is 0 Å². The quantitative estimate of drug-likeness (QED) is 0.712. The first-order chi connectivity index (χ1) is 9.22. The molecule has 0 saturated carbocycles. The van der Waals surface area contributed by atoms with Gasteiger partial charge in [0.05, 0.1) is 4.48 Å². The zero-order chi connectivity index (χ0) is 14.3. The number of rotatable bonds is 2. The normalized spacial score (nSPS) is 26.9. The summed E-state index contributed by atoms with van der Waals surface area (Å²) in [5.41, 5.74) is 1.07. The first-order valence-electron chi connectivity index (χ1n) is 7.17. The highest BCUT2D eigenvalue weighted by molar-refractivity contribution is 9.11. The fourth-order valence-corrected chi connectivity index (χ4v) is 2.83. The van der Waals surface area contributed by atoms with Crippen LogP contribution in [0.1, 0.15) is 39.5 Å². The van der Waals surface area contributed by atoms with Crippen LogP contribution in [0.25, 0.3) is 0 Å². The molecular formula is C16H25BrO2. The molecule has 19 heavy (non-hydrogen) atoms. The summed E-state index contributed by atoms with van der Waals surface area (Å²) in [6.45, 7) is 13.6. The largest absolute Gasteiger partial charge is 0.489 e. The Morgan fingerprint density at radius 2 is 1.89 bits per heavy atom. The first kappa shape index (κ1) is 16.5. The minimum Gasteiger partial charge on any atom is -0.489 e. The summed E-state index contributed by atoms with van der Waals surface area (Å²) in [5.74, 6) is 1.51. The van der Waals surface area contributed by atoms with Crippen molar-refractivity contribution < 1.29 is 9.47 Å². The number of hydrogen-bond donors (Lipinski definition) is 0. The smallest absolute Gasteiger partial charge is 0.136 e. The Bertz CT molecular complexity index is 341. The Morgan fingerprint density at radius 3 is 2.47 bits per heavy atom. The summed E-state index contributed by atoms with van der Waals surface area (Å²) < 4.78 is 12.4. The summed E-state index contributed by atoms with van der Waals surface area (Å²) in [4.78, 5) is 0. The number of hydrogen-bond acceptors (Lipinski definition) is 2. The van der Waals surface area contributed by atoms with Crippen molar-refractivity contribution in [2.75, 3.05) is 13.2 Å². The van der Waals surface area contributed by atoms with Crippen LogP contribution in [0.2, 0.25) is 0 Å². The van der Waals surface area contributed by atoms with Gasteiger partial charge in [0.1, 0.15) is 11.9 Å². The van der Waals surface area contributed by atoms with Gasteiger partial charge in [-0.1, -0.05) is 33.1 Å². The summed E-state index contributed by atoms with van der Waals surface area (Å²) in [7, 11) is 0. The third-order valence-corrected chi connectivity index (χ3v) is 4.19. The second kappa shape index (κ2) is 8.60. The van der Waals surface area contributed by atoms with Gasteiger partial charge in [-0.25, -0.2) is 0 Å². The van der Waals surface area contributed by atoms with Crippen LogP contribution in [0.15, 0.2) is 35.0 Å². The maximum absolute atomic E-state index is 6.10. The predicted molar refractivity (Wildman–Crippen MR) is 84.3 cm³/mol. The minimum atomic E-state index is 0.312. The van der Waals surface area contributed by atoms with Crippen LogP contribution in [-0.4, -0.2) is 19.3 Å². The average molecular weight is 329 g/mol. The van der Waals surface area contributed by atoms with Gasteiger partial charge >= 0.3 is 0 Å². The van der Waals surface area contributed by atoms with Gasteiger partial charge in [-0.3, -0.25) is 0 Å². The number of allylic oxidation sites excluding steroid dienone is 3. The molecule has 108 valence electrons. The van der Waals surface area contributed by atoms with E-state index in [2.05, 4.69) is 29.1 Å². The molecule has 0 bridgehead atoms. The van der Waals surface area contributed by atoms with E-state index in [1.54, 1.807) is 6.08 Å². The maximum Gasteiger partial charge on any atom is 0.136 e. The lowest BCUT2D eigenvalue weighted by atomic mass is 9.88. The van der Waals surface area contributed by atoms with Crippen molar-refractivity contribution in [2.24, 2.45) is 5.92 Å². The highest BCUT2D eigenvalue weighted by atomic mass is 79.9. The minimum absolute atomic E-state index is 0.312. The standard InChI is InChI=1S/C14H19BrO2.C2H6/c1-3-12(15)14-10(2)4-5-13(17-14)11-6-8-16-9-7-11;1-2/h3,11,13H,1-2,4-9H2;1-2H3/b14-12-;. The molecule has 3 heteroatoms. The lowest BCUT2D eigenvalue weighted by molar-refractivity contribution is -0.0164. The molecule has 2 nitrogen and oxygen atoms in total. The fraction of sp³-hybridized carbons (Fsp3) is 0.625. The Kier molecular flexibility index (Phi) is 7.47. The van der Waals surface area contributed by atoms with Crippen LogP contribution >= 0.6 is 15.9 Å². The summed E-state index contributed by atoms with van der Waals surface area (Å²) in [6.07, 6.45) is 6.39. The van der Waals surface area contributed by atoms with E-state index in [0.29, 0.717) is 12.0 Å².